The lowest BCUT2D eigenvalue weighted by Gasteiger charge is -1.97. The fourth-order valence-corrected chi connectivity index (χ4v) is 1.24. The molecule has 0 bridgehead atoms. The van der Waals surface area contributed by atoms with E-state index < -0.39 is 11.0 Å². The summed E-state index contributed by atoms with van der Waals surface area (Å²) in [7, 11) is 0. The summed E-state index contributed by atoms with van der Waals surface area (Å²) < 4.78 is 4.58. The van der Waals surface area contributed by atoms with Gasteiger partial charge in [-0.1, -0.05) is 12.1 Å². The number of ether oxygens (including phenoxy) is 1. The highest BCUT2D eigenvalue weighted by molar-refractivity contribution is 5.80. The molecule has 0 saturated carbocycles. The second-order valence-electron chi connectivity index (χ2n) is 3.29. The van der Waals surface area contributed by atoms with Crippen LogP contribution in [0, 0.1) is 10.1 Å². The predicted molar refractivity (Wildman–Crippen MR) is 70.8 cm³/mol. The number of allylic oxidation sites excluding steroid dienone is 1. The van der Waals surface area contributed by atoms with Crippen molar-refractivity contribution in [3.05, 3.63) is 46.0 Å². The summed E-state index contributed by atoms with van der Waals surface area (Å²) in [6, 6.07) is 6.31. The maximum atomic E-state index is 10.9. The van der Waals surface area contributed by atoms with E-state index in [1.54, 1.807) is 25.1 Å². The highest BCUT2D eigenvalue weighted by Gasteiger charge is 2.08. The Morgan fingerprint density at radius 1 is 1.53 bits per heavy atom. The van der Waals surface area contributed by atoms with E-state index in [1.165, 1.54) is 24.4 Å². The van der Waals surface area contributed by atoms with E-state index in [9.17, 15) is 14.9 Å². The molecule has 0 radical (unpaired) electrons. The molecule has 0 aliphatic rings. The molecule has 0 spiro atoms. The third kappa shape index (κ3) is 4.99. The minimum absolute atomic E-state index is 0.00509. The van der Waals surface area contributed by atoms with Crippen molar-refractivity contribution >= 4 is 24.1 Å². The first-order valence-corrected chi connectivity index (χ1v) is 5.51. The van der Waals surface area contributed by atoms with Crippen molar-refractivity contribution in [3.8, 4) is 0 Å². The van der Waals surface area contributed by atoms with E-state index in [-0.39, 0.29) is 12.3 Å². The molecule has 1 N–H and O–H groups in total. The lowest BCUT2D eigenvalue weighted by molar-refractivity contribution is -0.385. The number of amides is 1. The summed E-state index contributed by atoms with van der Waals surface area (Å²) in [5.41, 5.74) is 2.59. The molecule has 0 saturated heterocycles. The highest BCUT2D eigenvalue weighted by atomic mass is 16.6. The monoisotopic (exact) mass is 263 g/mol. The quantitative estimate of drug-likeness (QED) is 0.501. The van der Waals surface area contributed by atoms with Crippen LogP contribution in [0.5, 0.6) is 0 Å². The second-order valence-corrected chi connectivity index (χ2v) is 3.29. The van der Waals surface area contributed by atoms with Gasteiger partial charge < -0.3 is 4.74 Å². The Morgan fingerprint density at radius 2 is 2.26 bits per heavy atom. The molecule has 0 aromatic heterocycles. The summed E-state index contributed by atoms with van der Waals surface area (Å²) in [6.07, 6.45) is 3.65. The van der Waals surface area contributed by atoms with Gasteiger partial charge in [0.2, 0.25) is 0 Å². The van der Waals surface area contributed by atoms with E-state index in [2.05, 4.69) is 15.3 Å². The smallest absolute Gasteiger partial charge is 0.427 e. The van der Waals surface area contributed by atoms with Gasteiger partial charge in [-0.25, -0.2) is 10.2 Å². The van der Waals surface area contributed by atoms with Crippen LogP contribution in [0.2, 0.25) is 0 Å². The molecule has 7 heteroatoms. The zero-order valence-corrected chi connectivity index (χ0v) is 10.3. The van der Waals surface area contributed by atoms with Gasteiger partial charge in [-0.3, -0.25) is 10.1 Å². The number of nitro benzene ring substituents is 1. The van der Waals surface area contributed by atoms with Crippen molar-refractivity contribution in [2.45, 2.75) is 6.92 Å². The highest BCUT2D eigenvalue weighted by Crippen LogP contribution is 2.18. The van der Waals surface area contributed by atoms with Gasteiger partial charge in [-0.05, 0) is 25.1 Å². The molecule has 1 amide bonds. The first-order valence-electron chi connectivity index (χ1n) is 5.51. The molecule has 0 aliphatic heterocycles. The Bertz CT molecular complexity index is 511. The molecule has 0 unspecified atom stereocenters. The summed E-state index contributed by atoms with van der Waals surface area (Å²) in [5, 5.41) is 14.3. The number of carbonyl (C=O) groups excluding carboxylic acids is 1. The van der Waals surface area contributed by atoms with Crippen LogP contribution >= 0.6 is 0 Å². The number of benzene rings is 1. The van der Waals surface area contributed by atoms with Crippen LogP contribution < -0.4 is 5.43 Å². The Kier molecular flexibility index (Phi) is 5.74. The zero-order chi connectivity index (χ0) is 14.1. The molecule has 100 valence electrons. The van der Waals surface area contributed by atoms with Crippen LogP contribution in [0.1, 0.15) is 12.5 Å². The van der Waals surface area contributed by atoms with Gasteiger partial charge in [0.15, 0.2) is 0 Å². The van der Waals surface area contributed by atoms with E-state index in [0.29, 0.717) is 5.56 Å². The molecule has 19 heavy (non-hydrogen) atoms. The lowest BCUT2D eigenvalue weighted by atomic mass is 10.2. The normalized spacial score (nSPS) is 10.8. The first-order chi connectivity index (χ1) is 9.15. The Balaban J connectivity index is 2.60. The van der Waals surface area contributed by atoms with Gasteiger partial charge in [-0.15, -0.1) is 0 Å². The maximum Gasteiger partial charge on any atom is 0.427 e. The Morgan fingerprint density at radius 3 is 2.95 bits per heavy atom. The lowest BCUT2D eigenvalue weighted by Crippen LogP contribution is -2.18. The summed E-state index contributed by atoms with van der Waals surface area (Å²) in [6.45, 7) is 1.94. The average Bonchev–Trinajstić information content (AvgIpc) is 2.39. The number of hydrogen-bond acceptors (Lipinski definition) is 5. The van der Waals surface area contributed by atoms with Crippen molar-refractivity contribution in [1.29, 1.82) is 0 Å². The Labute approximate surface area is 109 Å². The topological polar surface area (TPSA) is 93.8 Å². The van der Waals surface area contributed by atoms with E-state index in [0.717, 1.165) is 0 Å². The predicted octanol–water partition coefficient (Wildman–Crippen LogP) is 2.34. The summed E-state index contributed by atoms with van der Waals surface area (Å²) >= 11 is 0. The van der Waals surface area contributed by atoms with Crippen molar-refractivity contribution in [2.24, 2.45) is 5.10 Å². The molecule has 0 aliphatic carbocycles. The summed E-state index contributed by atoms with van der Waals surface area (Å²) in [5.74, 6) is 0. The molecule has 0 heterocycles. The molecule has 0 atom stereocenters. The largest absolute Gasteiger partial charge is 0.449 e. The third-order valence-electron chi connectivity index (χ3n) is 2.00. The van der Waals surface area contributed by atoms with Gasteiger partial charge in [0.05, 0.1) is 17.1 Å². The number of carbonyl (C=O) groups is 1. The van der Waals surface area contributed by atoms with Crippen molar-refractivity contribution in [3.63, 3.8) is 0 Å². The number of rotatable bonds is 5. The SMILES string of the molecule is CCOC(=O)N/N=C\C=C/c1ccccc1[N+](=O)[O-]. The fourth-order valence-electron chi connectivity index (χ4n) is 1.24. The van der Waals surface area contributed by atoms with Crippen molar-refractivity contribution in [1.82, 2.24) is 5.43 Å². The molecule has 7 nitrogen and oxygen atoms in total. The van der Waals surface area contributed by atoms with Crippen molar-refractivity contribution in [2.75, 3.05) is 6.61 Å². The Hall–Kier alpha value is -2.70. The zero-order valence-electron chi connectivity index (χ0n) is 10.3. The minimum atomic E-state index is -0.655. The standard InChI is InChI=1S/C12H13N3O4/c1-2-19-12(16)14-13-9-5-7-10-6-3-4-8-11(10)15(17)18/h3-9H,2H2,1H3,(H,14,16)/b7-5-,13-9-. The van der Waals surface area contributed by atoms with Crippen LogP contribution in [0.25, 0.3) is 6.08 Å². The number of nitrogens with one attached hydrogen (secondary N) is 1. The number of nitrogens with zero attached hydrogens (tertiary/aromatic N) is 2. The second kappa shape index (κ2) is 7.59. The number of hydrazone groups is 1. The van der Waals surface area contributed by atoms with E-state index in [4.69, 9.17) is 0 Å². The minimum Gasteiger partial charge on any atom is -0.449 e. The van der Waals surface area contributed by atoms with E-state index >= 15 is 0 Å². The number of hydrogen-bond donors (Lipinski definition) is 1. The molecule has 0 fully saturated rings. The van der Waals surface area contributed by atoms with Gasteiger partial charge in [0, 0.05) is 12.3 Å². The number of nitro groups is 1. The van der Waals surface area contributed by atoms with Crippen LogP contribution in [0.15, 0.2) is 35.4 Å². The van der Waals surface area contributed by atoms with Crippen LogP contribution in [-0.4, -0.2) is 23.8 Å². The third-order valence-corrected chi connectivity index (χ3v) is 2.00. The molecule has 1 rings (SSSR count). The van der Waals surface area contributed by atoms with Gasteiger partial charge in [0.25, 0.3) is 5.69 Å². The van der Waals surface area contributed by atoms with Crippen LogP contribution in [0.4, 0.5) is 10.5 Å². The van der Waals surface area contributed by atoms with Crippen molar-refractivity contribution < 1.29 is 14.5 Å². The van der Waals surface area contributed by atoms with Gasteiger partial charge in [0.1, 0.15) is 0 Å². The fraction of sp³-hybridized carbons (Fsp3) is 0.167. The molecule has 1 aromatic rings. The van der Waals surface area contributed by atoms with Crippen LogP contribution in [-0.2, 0) is 4.74 Å². The molecule has 1 aromatic carbocycles. The van der Waals surface area contributed by atoms with Crippen LogP contribution in [0.3, 0.4) is 0 Å². The molecular formula is C12H13N3O4. The maximum absolute atomic E-state index is 10.9. The van der Waals surface area contributed by atoms with E-state index in [1.807, 2.05) is 0 Å². The van der Waals surface area contributed by atoms with Gasteiger partial charge >= 0.3 is 6.09 Å². The summed E-state index contributed by atoms with van der Waals surface area (Å²) in [4.78, 5) is 21.1. The first kappa shape index (κ1) is 14.4. The average molecular weight is 263 g/mol. The molecular weight excluding hydrogens is 250 g/mol. The number of para-hydroxylation sites is 1. The van der Waals surface area contributed by atoms with Gasteiger partial charge in [-0.2, -0.15) is 5.10 Å².